The van der Waals surface area contributed by atoms with E-state index in [9.17, 15) is 13.0 Å². The lowest BCUT2D eigenvalue weighted by molar-refractivity contribution is -0.734. The Morgan fingerprint density at radius 1 is 0.917 bits per heavy atom. The molecule has 0 radical (unpaired) electrons. The van der Waals surface area contributed by atoms with Crippen LogP contribution >= 0.6 is 0 Å². The van der Waals surface area contributed by atoms with Gasteiger partial charge in [0.2, 0.25) is 0 Å². The molecule has 0 saturated heterocycles. The number of rotatable bonds is 14. The summed E-state index contributed by atoms with van der Waals surface area (Å²) in [5.74, 6) is 0. The summed E-state index contributed by atoms with van der Waals surface area (Å²) >= 11 is 0. The topological polar surface area (TPSA) is 63.2 Å². The summed E-state index contributed by atoms with van der Waals surface area (Å²) in [5, 5.41) is 0.0141. The zero-order valence-corrected chi connectivity index (χ0v) is 16.2. The van der Waals surface area contributed by atoms with Gasteiger partial charge in [0.1, 0.15) is 12.4 Å². The Balaban J connectivity index is 2.28. The van der Waals surface area contributed by atoms with Gasteiger partial charge >= 0.3 is 15.3 Å². The number of hydrogen-bond acceptors (Lipinski definition) is 2. The summed E-state index contributed by atoms with van der Waals surface area (Å²) in [5.41, 5.74) is 0. The zero-order chi connectivity index (χ0) is 17.8. The van der Waals surface area contributed by atoms with Crippen molar-refractivity contribution >= 4 is 10.1 Å². The van der Waals surface area contributed by atoms with E-state index in [0.717, 1.165) is 19.3 Å². The van der Waals surface area contributed by atoms with E-state index in [2.05, 4.69) is 6.92 Å². The highest BCUT2D eigenvalue weighted by atomic mass is 32.2. The van der Waals surface area contributed by atoms with Crippen LogP contribution in [0.3, 0.4) is 0 Å². The maximum Gasteiger partial charge on any atom is 0.402 e. The number of unbranched alkanes of at least 4 members (excludes halogenated alkanes) is 9. The van der Waals surface area contributed by atoms with E-state index in [0.29, 0.717) is 13.1 Å². The number of nitrogens with zero attached hydrogens (tertiary/aromatic N) is 2. The Morgan fingerprint density at radius 2 is 1.46 bits per heavy atom. The summed E-state index contributed by atoms with van der Waals surface area (Å²) in [4.78, 5) is 0. The Bertz CT molecular complexity index is 553. The second-order valence-electron chi connectivity index (χ2n) is 6.62. The summed E-state index contributed by atoms with van der Waals surface area (Å²) in [6.45, 7) is 5.46. The van der Waals surface area contributed by atoms with E-state index in [1.807, 2.05) is 6.92 Å². The molecule has 1 aromatic rings. The molecule has 0 aromatic carbocycles. The van der Waals surface area contributed by atoms with Crippen molar-refractivity contribution in [2.45, 2.75) is 103 Å². The fourth-order valence-electron chi connectivity index (χ4n) is 3.10. The van der Waals surface area contributed by atoms with Crippen LogP contribution in [0.25, 0.3) is 0 Å². The van der Waals surface area contributed by atoms with Gasteiger partial charge in [-0.25, -0.2) is 9.13 Å². The van der Waals surface area contributed by atoms with Crippen LogP contribution < -0.4 is 4.57 Å². The molecule has 140 valence electrons. The van der Waals surface area contributed by atoms with E-state index in [4.69, 9.17) is 0 Å². The molecular formula is C18H35N2O3S+. The van der Waals surface area contributed by atoms with Crippen molar-refractivity contribution in [2.24, 2.45) is 0 Å². The maximum absolute atomic E-state index is 11.6. The average Bonchev–Trinajstić information content (AvgIpc) is 2.92. The third-order valence-electron chi connectivity index (χ3n) is 4.37. The smallest absolute Gasteiger partial charge is 0.276 e. The third-order valence-corrected chi connectivity index (χ3v) is 5.30. The molecule has 0 fully saturated rings. The van der Waals surface area contributed by atoms with Crippen LogP contribution in [0.2, 0.25) is 0 Å². The first-order valence-corrected chi connectivity index (χ1v) is 11.0. The third kappa shape index (κ3) is 7.79. The van der Waals surface area contributed by atoms with Crippen LogP contribution in [0.1, 0.15) is 84.5 Å². The Hall–Kier alpha value is -0.880. The fourth-order valence-corrected chi connectivity index (χ4v) is 4.00. The highest BCUT2D eigenvalue weighted by molar-refractivity contribution is 7.85. The van der Waals surface area contributed by atoms with Gasteiger partial charge in [-0.2, -0.15) is 8.42 Å². The zero-order valence-electron chi connectivity index (χ0n) is 15.4. The molecule has 0 aliphatic carbocycles. The van der Waals surface area contributed by atoms with E-state index in [1.54, 1.807) is 21.5 Å². The molecule has 1 rings (SSSR count). The van der Waals surface area contributed by atoms with Crippen LogP contribution in [0.15, 0.2) is 17.6 Å². The van der Waals surface area contributed by atoms with Gasteiger partial charge in [-0.05, 0) is 19.3 Å². The quantitative estimate of drug-likeness (QED) is 0.305. The monoisotopic (exact) mass is 359 g/mol. The second kappa shape index (κ2) is 11.6. The first-order valence-electron chi connectivity index (χ1n) is 9.56. The fraction of sp³-hybridized carbons (Fsp3) is 0.833. The summed E-state index contributed by atoms with van der Waals surface area (Å²) < 4.78 is 36.0. The van der Waals surface area contributed by atoms with Crippen molar-refractivity contribution in [1.29, 1.82) is 0 Å². The molecule has 0 atom stereocenters. The molecule has 5 nitrogen and oxygen atoms in total. The van der Waals surface area contributed by atoms with Crippen LogP contribution in [0.5, 0.6) is 0 Å². The highest BCUT2D eigenvalue weighted by Gasteiger charge is 2.28. The molecule has 1 aromatic heterocycles. The van der Waals surface area contributed by atoms with Gasteiger partial charge in [-0.15, -0.1) is 0 Å². The highest BCUT2D eigenvalue weighted by Crippen LogP contribution is 2.12. The van der Waals surface area contributed by atoms with E-state index in [1.165, 1.54) is 51.4 Å². The second-order valence-corrected chi connectivity index (χ2v) is 7.94. The molecule has 0 aliphatic heterocycles. The van der Waals surface area contributed by atoms with Crippen LogP contribution in [0, 0.1) is 0 Å². The molecule has 0 saturated carbocycles. The van der Waals surface area contributed by atoms with Crippen molar-refractivity contribution in [1.82, 2.24) is 4.57 Å². The molecule has 0 unspecified atom stereocenters. The molecule has 0 amide bonds. The predicted molar refractivity (Wildman–Crippen MR) is 96.6 cm³/mol. The van der Waals surface area contributed by atoms with Crippen LogP contribution in [-0.4, -0.2) is 17.5 Å². The first-order chi connectivity index (χ1) is 11.5. The molecule has 1 N–H and O–H groups in total. The Labute approximate surface area is 147 Å². The molecular weight excluding hydrogens is 324 g/mol. The van der Waals surface area contributed by atoms with Gasteiger partial charge in [0.25, 0.3) is 0 Å². The normalized spacial score (nSPS) is 12.0. The number of hydrogen-bond donors (Lipinski definition) is 1. The average molecular weight is 360 g/mol. The largest absolute Gasteiger partial charge is 0.402 e. The van der Waals surface area contributed by atoms with Crippen LogP contribution in [0.4, 0.5) is 0 Å². The number of aryl methyl sites for hydroxylation is 2. The molecule has 6 heteroatoms. The molecule has 0 aliphatic rings. The predicted octanol–water partition coefficient (Wildman–Crippen LogP) is 4.35. The minimum atomic E-state index is -4.18. The minimum Gasteiger partial charge on any atom is -0.276 e. The van der Waals surface area contributed by atoms with E-state index < -0.39 is 10.1 Å². The summed E-state index contributed by atoms with van der Waals surface area (Å²) in [7, 11) is -4.18. The minimum absolute atomic E-state index is 0.0141. The Morgan fingerprint density at radius 3 is 1.96 bits per heavy atom. The lowest BCUT2D eigenvalue weighted by Crippen LogP contribution is -2.38. The molecule has 24 heavy (non-hydrogen) atoms. The maximum atomic E-state index is 11.6. The summed E-state index contributed by atoms with van der Waals surface area (Å²) in [6.07, 6.45) is 16.8. The molecule has 1 heterocycles. The molecule has 0 bridgehead atoms. The number of aromatic nitrogens is 2. The van der Waals surface area contributed by atoms with Gasteiger partial charge in [-0.3, -0.25) is 4.55 Å². The van der Waals surface area contributed by atoms with Gasteiger partial charge in [-0.1, -0.05) is 65.2 Å². The van der Waals surface area contributed by atoms with Gasteiger partial charge in [0.15, 0.2) is 0 Å². The van der Waals surface area contributed by atoms with Crippen molar-refractivity contribution in [2.75, 3.05) is 0 Å². The molecule has 0 spiro atoms. The lowest BCUT2D eigenvalue weighted by Gasteiger charge is -2.03. The lowest BCUT2D eigenvalue weighted by atomic mass is 10.1. The van der Waals surface area contributed by atoms with Gasteiger partial charge < -0.3 is 0 Å². The van der Waals surface area contributed by atoms with Crippen molar-refractivity contribution in [3.8, 4) is 0 Å². The van der Waals surface area contributed by atoms with E-state index >= 15 is 0 Å². The van der Waals surface area contributed by atoms with Gasteiger partial charge in [0.05, 0.1) is 13.1 Å². The van der Waals surface area contributed by atoms with Crippen LogP contribution in [-0.2, 0) is 23.2 Å². The van der Waals surface area contributed by atoms with Crippen molar-refractivity contribution in [3.05, 3.63) is 12.4 Å². The summed E-state index contributed by atoms with van der Waals surface area (Å²) in [6, 6.07) is 0. The van der Waals surface area contributed by atoms with Crippen molar-refractivity contribution in [3.63, 3.8) is 0 Å². The Kier molecular flexibility index (Phi) is 10.3. The standard InChI is InChI=1S/C18H34N2O3S/c1-3-5-6-7-8-9-10-11-12-13-15-20-17-16-19(14-4-2)18(20)24(21,22)23/h16-17H,3-15H2,1-2H3/p+1. The van der Waals surface area contributed by atoms with E-state index in [-0.39, 0.29) is 5.16 Å². The van der Waals surface area contributed by atoms with Crippen molar-refractivity contribution < 1.29 is 17.5 Å². The first kappa shape index (κ1) is 21.2. The number of imidazole rings is 1. The SMILES string of the molecule is CCCCCCCCCCCCn1cc[n+](CCC)c1S(=O)(=O)O. The van der Waals surface area contributed by atoms with Gasteiger partial charge in [0, 0.05) is 0 Å².